The lowest BCUT2D eigenvalue weighted by atomic mass is 9.88. The number of nitrogens with zero attached hydrogens (tertiary/aromatic N) is 1. The van der Waals surface area contributed by atoms with E-state index in [2.05, 4.69) is 4.90 Å². The van der Waals surface area contributed by atoms with Crippen LogP contribution in [-0.2, 0) is 6.42 Å². The van der Waals surface area contributed by atoms with E-state index in [-0.39, 0.29) is 17.7 Å². The molecule has 1 unspecified atom stereocenters. The predicted molar refractivity (Wildman–Crippen MR) is 113 cm³/mol. The van der Waals surface area contributed by atoms with Crippen molar-refractivity contribution in [3.8, 4) is 0 Å². The molecule has 0 radical (unpaired) electrons. The first kappa shape index (κ1) is 20.6. The number of halogens is 3. The second-order valence-electron chi connectivity index (χ2n) is 7.16. The topological polar surface area (TPSA) is 46.3 Å². The van der Waals surface area contributed by atoms with E-state index in [1.807, 2.05) is 24.3 Å². The van der Waals surface area contributed by atoms with Crippen LogP contribution in [0, 0.1) is 5.92 Å². The van der Waals surface area contributed by atoms with Crippen molar-refractivity contribution >= 4 is 40.6 Å². The molecule has 2 aromatic carbocycles. The molecule has 0 bridgehead atoms. The fraction of sp³-hybridized carbons (Fsp3) is 0.381. The summed E-state index contributed by atoms with van der Waals surface area (Å²) in [6.07, 6.45) is 2.50. The van der Waals surface area contributed by atoms with Gasteiger partial charge < -0.3 is 10.6 Å². The molecular formula is C21H23Cl3N2O. The Hall–Kier alpha value is -1.10. The molecule has 6 heteroatoms. The highest BCUT2D eigenvalue weighted by Gasteiger charge is 2.26. The van der Waals surface area contributed by atoms with Gasteiger partial charge in [-0.2, -0.15) is 0 Å². The molecule has 3 rings (SSSR count). The second-order valence-corrected chi connectivity index (χ2v) is 8.41. The fourth-order valence-corrected chi connectivity index (χ4v) is 4.01. The van der Waals surface area contributed by atoms with Crippen molar-refractivity contribution in [2.45, 2.75) is 25.3 Å². The molecule has 1 atom stereocenters. The first-order chi connectivity index (χ1) is 12.9. The van der Waals surface area contributed by atoms with Crippen LogP contribution in [0.25, 0.3) is 0 Å². The summed E-state index contributed by atoms with van der Waals surface area (Å²) in [5, 5.41) is 1.63. The zero-order valence-corrected chi connectivity index (χ0v) is 17.3. The van der Waals surface area contributed by atoms with E-state index in [1.54, 1.807) is 18.2 Å². The number of rotatable bonds is 6. The van der Waals surface area contributed by atoms with Gasteiger partial charge in [0.05, 0.1) is 10.0 Å². The number of likely N-dealkylation sites (tertiary alicyclic amines) is 1. The molecule has 0 saturated carbocycles. The maximum Gasteiger partial charge on any atom is 0.166 e. The van der Waals surface area contributed by atoms with Crippen LogP contribution in [-0.4, -0.2) is 36.4 Å². The maximum atomic E-state index is 12.7. The van der Waals surface area contributed by atoms with Crippen LogP contribution in [0.1, 0.15) is 28.8 Å². The van der Waals surface area contributed by atoms with E-state index in [1.165, 1.54) is 5.56 Å². The van der Waals surface area contributed by atoms with E-state index in [0.29, 0.717) is 15.6 Å². The number of Topliss-reactive ketones (excluding diaryl/α,β-unsaturated/α-hetero) is 1. The van der Waals surface area contributed by atoms with Gasteiger partial charge >= 0.3 is 0 Å². The van der Waals surface area contributed by atoms with Crippen molar-refractivity contribution in [2.75, 3.05) is 19.6 Å². The van der Waals surface area contributed by atoms with Gasteiger partial charge in [-0.3, -0.25) is 4.79 Å². The Kier molecular flexibility index (Phi) is 7.18. The summed E-state index contributed by atoms with van der Waals surface area (Å²) in [6.45, 7) is 2.59. The predicted octanol–water partition coefficient (Wildman–Crippen LogP) is 5.11. The van der Waals surface area contributed by atoms with Crippen molar-refractivity contribution < 1.29 is 4.79 Å². The zero-order chi connectivity index (χ0) is 19.4. The van der Waals surface area contributed by atoms with Gasteiger partial charge in [0.1, 0.15) is 0 Å². The Labute approximate surface area is 175 Å². The molecule has 0 amide bonds. The quantitative estimate of drug-likeness (QED) is 0.654. The van der Waals surface area contributed by atoms with Gasteiger partial charge in [0.25, 0.3) is 0 Å². The van der Waals surface area contributed by atoms with Gasteiger partial charge in [-0.1, -0.05) is 46.9 Å². The van der Waals surface area contributed by atoms with Crippen LogP contribution < -0.4 is 5.73 Å². The lowest BCUT2D eigenvalue weighted by Gasteiger charge is -2.33. The van der Waals surface area contributed by atoms with Crippen molar-refractivity contribution in [2.24, 2.45) is 11.7 Å². The number of carbonyl (C=O) groups is 1. The Bertz CT molecular complexity index is 787. The lowest BCUT2D eigenvalue weighted by molar-refractivity contribution is 0.0836. The molecule has 3 nitrogen and oxygen atoms in total. The second kappa shape index (κ2) is 9.40. The number of hydrogen-bond acceptors (Lipinski definition) is 3. The third-order valence-corrected chi connectivity index (χ3v) is 6.06. The van der Waals surface area contributed by atoms with E-state index in [9.17, 15) is 4.79 Å². The summed E-state index contributed by atoms with van der Waals surface area (Å²) < 4.78 is 0. The van der Waals surface area contributed by atoms with Crippen LogP contribution in [0.15, 0.2) is 42.5 Å². The number of benzene rings is 2. The fourth-order valence-electron chi connectivity index (χ4n) is 3.58. The number of piperidine rings is 1. The molecule has 1 aliphatic rings. The Morgan fingerprint density at radius 1 is 1.04 bits per heavy atom. The van der Waals surface area contributed by atoms with Crippen molar-refractivity contribution in [3.63, 3.8) is 0 Å². The van der Waals surface area contributed by atoms with Gasteiger partial charge in [-0.15, -0.1) is 0 Å². The minimum atomic E-state index is 0.0333. The third-order valence-electron chi connectivity index (χ3n) is 5.07. The zero-order valence-electron chi connectivity index (χ0n) is 15.0. The Morgan fingerprint density at radius 2 is 1.70 bits per heavy atom. The Balaban J connectivity index is 1.48. The van der Waals surface area contributed by atoms with E-state index >= 15 is 0 Å². The van der Waals surface area contributed by atoms with Crippen LogP contribution >= 0.6 is 34.8 Å². The molecule has 2 N–H and O–H groups in total. The van der Waals surface area contributed by atoms with Crippen LogP contribution in [0.2, 0.25) is 15.1 Å². The van der Waals surface area contributed by atoms with Crippen molar-refractivity contribution in [3.05, 3.63) is 68.7 Å². The van der Waals surface area contributed by atoms with Crippen molar-refractivity contribution in [1.82, 2.24) is 4.90 Å². The monoisotopic (exact) mass is 424 g/mol. The van der Waals surface area contributed by atoms with Gasteiger partial charge in [-0.25, -0.2) is 0 Å². The maximum absolute atomic E-state index is 12.7. The molecule has 27 heavy (non-hydrogen) atoms. The average Bonchev–Trinajstić information content (AvgIpc) is 2.66. The van der Waals surface area contributed by atoms with Crippen LogP contribution in [0.5, 0.6) is 0 Å². The first-order valence-corrected chi connectivity index (χ1v) is 10.3. The number of ketones is 1. The van der Waals surface area contributed by atoms with Crippen LogP contribution in [0.4, 0.5) is 0 Å². The molecule has 0 spiro atoms. The minimum absolute atomic E-state index is 0.0333. The van der Waals surface area contributed by atoms with Gasteiger partial charge in [0.2, 0.25) is 0 Å². The SMILES string of the molecule is NC(Cc1ccc(Cl)cc1)CN1CCC(C(=O)c2ccc(Cl)c(Cl)c2)CC1. The van der Waals surface area contributed by atoms with Gasteiger partial charge in [-0.05, 0) is 68.2 Å². The molecule has 1 fully saturated rings. The number of hydrogen-bond donors (Lipinski definition) is 1. The molecule has 2 aromatic rings. The molecule has 1 heterocycles. The first-order valence-electron chi connectivity index (χ1n) is 9.14. The highest BCUT2D eigenvalue weighted by Crippen LogP contribution is 2.27. The van der Waals surface area contributed by atoms with Gasteiger partial charge in [0.15, 0.2) is 5.78 Å². The summed E-state index contributed by atoms with van der Waals surface area (Å²) in [7, 11) is 0. The molecule has 0 aromatic heterocycles. The lowest BCUT2D eigenvalue weighted by Crippen LogP contribution is -2.43. The van der Waals surface area contributed by atoms with E-state index < -0.39 is 0 Å². The van der Waals surface area contributed by atoms with Crippen LogP contribution in [0.3, 0.4) is 0 Å². The largest absolute Gasteiger partial charge is 0.326 e. The Morgan fingerprint density at radius 3 is 2.33 bits per heavy atom. The normalized spacial score (nSPS) is 17.0. The summed E-state index contributed by atoms with van der Waals surface area (Å²) in [5.74, 6) is 0.185. The third kappa shape index (κ3) is 5.69. The molecule has 144 valence electrons. The highest BCUT2D eigenvalue weighted by molar-refractivity contribution is 6.42. The standard InChI is InChI=1S/C21H23Cl3N2O/c22-17-4-1-14(2-5-17)11-18(25)13-26-9-7-15(8-10-26)21(27)16-3-6-19(23)20(24)12-16/h1-6,12,15,18H,7-11,13,25H2. The average molecular weight is 426 g/mol. The highest BCUT2D eigenvalue weighted by atomic mass is 35.5. The van der Waals surface area contributed by atoms with E-state index in [0.717, 1.165) is 43.9 Å². The summed E-state index contributed by atoms with van der Waals surface area (Å²) in [4.78, 5) is 15.1. The van der Waals surface area contributed by atoms with E-state index in [4.69, 9.17) is 40.5 Å². The molecular weight excluding hydrogens is 403 g/mol. The minimum Gasteiger partial charge on any atom is -0.326 e. The van der Waals surface area contributed by atoms with Gasteiger partial charge in [0, 0.05) is 29.1 Å². The molecule has 0 aliphatic carbocycles. The van der Waals surface area contributed by atoms with Crippen molar-refractivity contribution in [1.29, 1.82) is 0 Å². The smallest absolute Gasteiger partial charge is 0.166 e. The number of nitrogens with two attached hydrogens (primary N) is 1. The summed E-state index contributed by atoms with van der Waals surface area (Å²) in [5.41, 5.74) is 8.15. The summed E-state index contributed by atoms with van der Waals surface area (Å²) in [6, 6.07) is 13.0. The number of carbonyl (C=O) groups excluding carboxylic acids is 1. The molecule has 1 aliphatic heterocycles. The summed E-state index contributed by atoms with van der Waals surface area (Å²) >= 11 is 17.9. The molecule has 1 saturated heterocycles.